The van der Waals surface area contributed by atoms with Crippen LogP contribution in [0.5, 0.6) is 0 Å². The summed E-state index contributed by atoms with van der Waals surface area (Å²) in [5.74, 6) is 0.215. The van der Waals surface area contributed by atoms with Crippen LogP contribution in [0.15, 0.2) is 36.5 Å². The first-order valence-corrected chi connectivity index (χ1v) is 7.56. The average Bonchev–Trinajstić information content (AvgIpc) is 2.57. The van der Waals surface area contributed by atoms with Crippen molar-refractivity contribution in [3.8, 4) is 0 Å². The van der Waals surface area contributed by atoms with Crippen molar-refractivity contribution >= 4 is 5.91 Å². The monoisotopic (exact) mass is 315 g/mol. The second kappa shape index (κ2) is 6.83. The van der Waals surface area contributed by atoms with Crippen molar-refractivity contribution in [2.45, 2.75) is 19.4 Å². The Balaban J connectivity index is 1.68. The zero-order valence-electron chi connectivity index (χ0n) is 12.9. The lowest BCUT2D eigenvalue weighted by Crippen LogP contribution is -2.43. The van der Waals surface area contributed by atoms with E-state index in [1.54, 1.807) is 35.4 Å². The lowest BCUT2D eigenvalue weighted by Gasteiger charge is -2.32. The molecule has 120 valence electrons. The number of ether oxygens (including phenoxy) is 1. The van der Waals surface area contributed by atoms with Crippen molar-refractivity contribution in [3.63, 3.8) is 0 Å². The lowest BCUT2D eigenvalue weighted by atomic mass is 10.1. The fourth-order valence-corrected chi connectivity index (χ4v) is 2.63. The first kappa shape index (κ1) is 15.6. The van der Waals surface area contributed by atoms with Gasteiger partial charge in [0, 0.05) is 12.7 Å². The zero-order valence-corrected chi connectivity index (χ0v) is 12.9. The van der Waals surface area contributed by atoms with E-state index in [4.69, 9.17) is 4.74 Å². The van der Waals surface area contributed by atoms with E-state index in [1.807, 2.05) is 6.92 Å². The van der Waals surface area contributed by atoms with Gasteiger partial charge in [-0.3, -0.25) is 4.79 Å². The molecule has 1 amide bonds. The Morgan fingerprint density at radius 3 is 3.00 bits per heavy atom. The van der Waals surface area contributed by atoms with Crippen molar-refractivity contribution in [1.82, 2.24) is 14.9 Å². The normalized spacial score (nSPS) is 18.0. The number of benzene rings is 1. The second-order valence-electron chi connectivity index (χ2n) is 5.50. The maximum atomic E-state index is 13.7. The van der Waals surface area contributed by atoms with Crippen LogP contribution in [0, 0.1) is 12.7 Å². The maximum Gasteiger partial charge on any atom is 0.227 e. The van der Waals surface area contributed by atoms with Crippen LogP contribution < -0.4 is 0 Å². The van der Waals surface area contributed by atoms with Gasteiger partial charge in [-0.2, -0.15) is 0 Å². The van der Waals surface area contributed by atoms with Crippen LogP contribution in [0.2, 0.25) is 0 Å². The average molecular weight is 315 g/mol. The minimum atomic E-state index is -0.350. The highest BCUT2D eigenvalue weighted by molar-refractivity contribution is 5.79. The molecule has 0 N–H and O–H groups in total. The highest BCUT2D eigenvalue weighted by Gasteiger charge is 2.26. The molecule has 5 nitrogen and oxygen atoms in total. The summed E-state index contributed by atoms with van der Waals surface area (Å²) in [7, 11) is 0. The van der Waals surface area contributed by atoms with Crippen molar-refractivity contribution in [2.75, 3.05) is 19.7 Å². The minimum absolute atomic E-state index is 0.0577. The third kappa shape index (κ3) is 3.71. The van der Waals surface area contributed by atoms with Crippen LogP contribution in [0.3, 0.4) is 0 Å². The third-order valence-electron chi connectivity index (χ3n) is 3.85. The molecule has 0 spiro atoms. The Kier molecular flexibility index (Phi) is 4.62. The van der Waals surface area contributed by atoms with Gasteiger partial charge >= 0.3 is 0 Å². The fourth-order valence-electron chi connectivity index (χ4n) is 2.63. The van der Waals surface area contributed by atoms with Crippen LogP contribution >= 0.6 is 0 Å². The summed E-state index contributed by atoms with van der Waals surface area (Å²) >= 11 is 0. The van der Waals surface area contributed by atoms with Gasteiger partial charge in [0.25, 0.3) is 0 Å². The number of carbonyl (C=O) groups is 1. The molecule has 6 heteroatoms. The van der Waals surface area contributed by atoms with E-state index < -0.39 is 0 Å². The van der Waals surface area contributed by atoms with Gasteiger partial charge in [0.1, 0.15) is 17.7 Å². The van der Waals surface area contributed by atoms with E-state index in [9.17, 15) is 9.18 Å². The van der Waals surface area contributed by atoms with E-state index in [1.165, 1.54) is 6.07 Å². The van der Waals surface area contributed by atoms with Crippen molar-refractivity contribution in [2.24, 2.45) is 0 Å². The largest absolute Gasteiger partial charge is 0.368 e. The summed E-state index contributed by atoms with van der Waals surface area (Å²) in [6.45, 7) is 3.18. The standard InChI is InChI=1S/C17H18FN3O2/c1-12-19-7-6-15(20-12)16-11-21(8-9-23-16)17(22)10-13-4-2-3-5-14(13)18/h2-7,16H,8-11H2,1H3. The lowest BCUT2D eigenvalue weighted by molar-refractivity contribution is -0.138. The molecule has 0 radical (unpaired) electrons. The Bertz CT molecular complexity index is 708. The highest BCUT2D eigenvalue weighted by atomic mass is 19.1. The molecule has 1 aromatic carbocycles. The number of nitrogens with zero attached hydrogens (tertiary/aromatic N) is 3. The molecular formula is C17H18FN3O2. The summed E-state index contributed by atoms with van der Waals surface area (Å²) < 4.78 is 19.4. The molecule has 3 rings (SSSR count). The van der Waals surface area contributed by atoms with Gasteiger partial charge in [-0.1, -0.05) is 18.2 Å². The van der Waals surface area contributed by atoms with Gasteiger partial charge in [-0.05, 0) is 24.6 Å². The molecule has 1 fully saturated rings. The number of aryl methyl sites for hydroxylation is 1. The fraction of sp³-hybridized carbons (Fsp3) is 0.353. The number of aromatic nitrogens is 2. The minimum Gasteiger partial charge on any atom is -0.368 e. The molecule has 1 aliphatic rings. The first-order chi connectivity index (χ1) is 11.1. The molecule has 1 aromatic heterocycles. The number of hydrogen-bond acceptors (Lipinski definition) is 4. The SMILES string of the molecule is Cc1nccc(C2CN(C(=O)Cc3ccccc3F)CCO2)n1. The molecule has 1 unspecified atom stereocenters. The predicted molar refractivity (Wildman–Crippen MR) is 82.1 cm³/mol. The maximum absolute atomic E-state index is 13.7. The molecule has 1 atom stereocenters. The molecule has 0 aliphatic carbocycles. The molecule has 1 saturated heterocycles. The van der Waals surface area contributed by atoms with Crippen molar-refractivity contribution in [1.29, 1.82) is 0 Å². The van der Waals surface area contributed by atoms with Gasteiger partial charge in [0.2, 0.25) is 5.91 Å². The van der Waals surface area contributed by atoms with Gasteiger partial charge < -0.3 is 9.64 Å². The van der Waals surface area contributed by atoms with Gasteiger partial charge in [-0.15, -0.1) is 0 Å². The van der Waals surface area contributed by atoms with Gasteiger partial charge in [-0.25, -0.2) is 14.4 Å². The summed E-state index contributed by atoms with van der Waals surface area (Å²) in [4.78, 5) is 22.6. The van der Waals surface area contributed by atoms with Gasteiger partial charge in [0.15, 0.2) is 0 Å². The van der Waals surface area contributed by atoms with Crippen LogP contribution in [-0.4, -0.2) is 40.5 Å². The smallest absolute Gasteiger partial charge is 0.227 e. The number of carbonyl (C=O) groups excluding carboxylic acids is 1. The molecule has 2 aromatic rings. The van der Waals surface area contributed by atoms with E-state index in [0.29, 0.717) is 31.1 Å². The summed E-state index contributed by atoms with van der Waals surface area (Å²) in [6, 6.07) is 8.15. The molecule has 23 heavy (non-hydrogen) atoms. The van der Waals surface area contributed by atoms with E-state index >= 15 is 0 Å². The van der Waals surface area contributed by atoms with Crippen LogP contribution in [0.4, 0.5) is 4.39 Å². The summed E-state index contributed by atoms with van der Waals surface area (Å²) in [6.07, 6.45) is 1.47. The number of amides is 1. The summed E-state index contributed by atoms with van der Waals surface area (Å²) in [5, 5.41) is 0. The molecule has 1 aliphatic heterocycles. The number of morpholine rings is 1. The number of hydrogen-bond donors (Lipinski definition) is 0. The third-order valence-corrected chi connectivity index (χ3v) is 3.85. The molecule has 0 bridgehead atoms. The van der Waals surface area contributed by atoms with Crippen LogP contribution in [0.25, 0.3) is 0 Å². The van der Waals surface area contributed by atoms with Crippen molar-refractivity contribution in [3.05, 3.63) is 59.4 Å². The molecule has 0 saturated carbocycles. The first-order valence-electron chi connectivity index (χ1n) is 7.56. The van der Waals surface area contributed by atoms with Crippen molar-refractivity contribution < 1.29 is 13.9 Å². The topological polar surface area (TPSA) is 55.3 Å². The Labute approximate surface area is 134 Å². The van der Waals surface area contributed by atoms with E-state index in [0.717, 1.165) is 5.69 Å². The number of halogens is 1. The summed E-state index contributed by atoms with van der Waals surface area (Å²) in [5.41, 5.74) is 1.18. The van der Waals surface area contributed by atoms with E-state index in [-0.39, 0.29) is 24.2 Å². The quantitative estimate of drug-likeness (QED) is 0.870. The molecular weight excluding hydrogens is 297 g/mol. The van der Waals surface area contributed by atoms with Gasteiger partial charge in [0.05, 0.1) is 25.3 Å². The second-order valence-corrected chi connectivity index (χ2v) is 5.50. The molecule has 2 heterocycles. The Morgan fingerprint density at radius 2 is 2.22 bits per heavy atom. The van der Waals surface area contributed by atoms with Crippen LogP contribution in [-0.2, 0) is 16.0 Å². The van der Waals surface area contributed by atoms with Crippen LogP contribution in [0.1, 0.15) is 23.2 Å². The highest BCUT2D eigenvalue weighted by Crippen LogP contribution is 2.21. The van der Waals surface area contributed by atoms with E-state index in [2.05, 4.69) is 9.97 Å². The predicted octanol–water partition coefficient (Wildman–Crippen LogP) is 2.07. The Hall–Kier alpha value is -2.34. The number of rotatable bonds is 3. The Morgan fingerprint density at radius 1 is 1.39 bits per heavy atom. The zero-order chi connectivity index (χ0) is 16.2.